The Kier molecular flexibility index (Phi) is 4.70. The first-order chi connectivity index (χ1) is 10.6. The quantitative estimate of drug-likeness (QED) is 0.934. The van der Waals surface area contributed by atoms with Gasteiger partial charge in [0, 0.05) is 28.7 Å². The first-order valence-electron chi connectivity index (χ1n) is 7.09. The molecule has 118 valence electrons. The molecule has 1 aliphatic rings. The highest BCUT2D eigenvalue weighted by Gasteiger charge is 2.30. The van der Waals surface area contributed by atoms with Crippen LogP contribution in [-0.2, 0) is 11.3 Å². The Hall–Kier alpha value is -1.51. The molecule has 1 saturated heterocycles. The van der Waals surface area contributed by atoms with Crippen molar-refractivity contribution in [1.82, 2.24) is 20.2 Å². The monoisotopic (exact) mass is 338 g/mol. The minimum Gasteiger partial charge on any atom is -0.377 e. The molecule has 1 atom stereocenters. The van der Waals surface area contributed by atoms with E-state index in [1.165, 1.54) is 0 Å². The lowest BCUT2D eigenvalue weighted by Gasteiger charge is -2.34. The SMILES string of the molecule is Cc1csc(C2COCCN2C(=O)NCc2ncc(C)s2)n1. The molecule has 0 spiro atoms. The fraction of sp³-hybridized carbons (Fsp3) is 0.500. The zero-order valence-electron chi connectivity index (χ0n) is 12.5. The molecular weight excluding hydrogens is 320 g/mol. The van der Waals surface area contributed by atoms with E-state index in [9.17, 15) is 4.79 Å². The number of aryl methyl sites for hydroxylation is 2. The number of amides is 2. The van der Waals surface area contributed by atoms with E-state index in [4.69, 9.17) is 4.74 Å². The third-order valence-corrected chi connectivity index (χ3v) is 5.35. The minimum atomic E-state index is -0.106. The number of thiazole rings is 2. The van der Waals surface area contributed by atoms with Crippen LogP contribution in [0.4, 0.5) is 4.79 Å². The first kappa shape index (κ1) is 15.4. The highest BCUT2D eigenvalue weighted by atomic mass is 32.1. The first-order valence-corrected chi connectivity index (χ1v) is 8.78. The molecule has 2 aromatic rings. The van der Waals surface area contributed by atoms with Crippen molar-refractivity contribution in [2.45, 2.75) is 26.4 Å². The zero-order chi connectivity index (χ0) is 15.5. The molecule has 0 aromatic carbocycles. The van der Waals surface area contributed by atoms with Crippen molar-refractivity contribution >= 4 is 28.7 Å². The second-order valence-electron chi connectivity index (χ2n) is 5.13. The number of nitrogens with zero attached hydrogens (tertiary/aromatic N) is 3. The number of urea groups is 1. The van der Waals surface area contributed by atoms with Crippen molar-refractivity contribution in [1.29, 1.82) is 0 Å². The summed E-state index contributed by atoms with van der Waals surface area (Å²) in [5, 5.41) is 6.79. The standard InChI is InChI=1S/C14H18N4O2S2/c1-9-8-21-13(17-9)11-7-20-4-3-18(11)14(19)16-6-12-15-5-10(2)22-12/h5,8,11H,3-4,6-7H2,1-2H3,(H,16,19). The van der Waals surface area contributed by atoms with Gasteiger partial charge in [0.05, 0.1) is 19.8 Å². The largest absolute Gasteiger partial charge is 0.377 e. The summed E-state index contributed by atoms with van der Waals surface area (Å²) in [6.07, 6.45) is 1.82. The summed E-state index contributed by atoms with van der Waals surface area (Å²) in [4.78, 5) is 24.2. The van der Waals surface area contributed by atoms with Gasteiger partial charge >= 0.3 is 6.03 Å². The molecule has 0 aliphatic carbocycles. The second-order valence-corrected chi connectivity index (χ2v) is 7.34. The van der Waals surface area contributed by atoms with Gasteiger partial charge < -0.3 is 15.0 Å². The zero-order valence-corrected chi connectivity index (χ0v) is 14.2. The Labute approximate surface area is 137 Å². The van der Waals surface area contributed by atoms with Crippen molar-refractivity contribution in [3.05, 3.63) is 32.2 Å². The van der Waals surface area contributed by atoms with Crippen LogP contribution in [0.15, 0.2) is 11.6 Å². The van der Waals surface area contributed by atoms with E-state index in [1.807, 2.05) is 30.3 Å². The molecule has 3 heterocycles. The van der Waals surface area contributed by atoms with Gasteiger partial charge in [-0.1, -0.05) is 0 Å². The van der Waals surface area contributed by atoms with E-state index in [-0.39, 0.29) is 12.1 Å². The molecule has 6 nitrogen and oxygen atoms in total. The maximum atomic E-state index is 12.5. The van der Waals surface area contributed by atoms with Gasteiger partial charge in [0.25, 0.3) is 0 Å². The van der Waals surface area contributed by atoms with Crippen molar-refractivity contribution in [3.63, 3.8) is 0 Å². The maximum absolute atomic E-state index is 12.5. The van der Waals surface area contributed by atoms with Gasteiger partial charge in [0.15, 0.2) is 0 Å². The van der Waals surface area contributed by atoms with E-state index < -0.39 is 0 Å². The van der Waals surface area contributed by atoms with Gasteiger partial charge in [-0.25, -0.2) is 14.8 Å². The van der Waals surface area contributed by atoms with E-state index in [0.29, 0.717) is 26.3 Å². The Balaban J connectivity index is 1.66. The van der Waals surface area contributed by atoms with E-state index >= 15 is 0 Å². The number of hydrogen-bond acceptors (Lipinski definition) is 6. The van der Waals surface area contributed by atoms with Crippen LogP contribution in [0.1, 0.15) is 26.6 Å². The van der Waals surface area contributed by atoms with Crippen LogP contribution in [0.3, 0.4) is 0 Å². The van der Waals surface area contributed by atoms with Crippen molar-refractivity contribution in [2.24, 2.45) is 0 Å². The fourth-order valence-electron chi connectivity index (χ4n) is 2.31. The number of rotatable bonds is 3. The summed E-state index contributed by atoms with van der Waals surface area (Å²) in [5.41, 5.74) is 0.976. The minimum absolute atomic E-state index is 0.0889. The van der Waals surface area contributed by atoms with Crippen molar-refractivity contribution < 1.29 is 9.53 Å². The number of nitrogens with one attached hydrogen (secondary N) is 1. The average Bonchev–Trinajstić information content (AvgIpc) is 3.13. The number of ether oxygens (including phenoxy) is 1. The van der Waals surface area contributed by atoms with Crippen LogP contribution < -0.4 is 5.32 Å². The topological polar surface area (TPSA) is 67.3 Å². The van der Waals surface area contributed by atoms with Crippen LogP contribution in [-0.4, -0.2) is 40.7 Å². The number of morpholine rings is 1. The van der Waals surface area contributed by atoms with E-state index in [1.54, 1.807) is 22.7 Å². The van der Waals surface area contributed by atoms with E-state index in [2.05, 4.69) is 15.3 Å². The molecule has 8 heteroatoms. The summed E-state index contributed by atoms with van der Waals surface area (Å²) in [7, 11) is 0. The summed E-state index contributed by atoms with van der Waals surface area (Å²) >= 11 is 3.17. The number of carbonyl (C=O) groups is 1. The Bertz CT molecular complexity index is 655. The van der Waals surface area contributed by atoms with Gasteiger partial charge in [-0.3, -0.25) is 0 Å². The molecule has 0 radical (unpaired) electrons. The smallest absolute Gasteiger partial charge is 0.318 e. The van der Waals surface area contributed by atoms with Gasteiger partial charge in [-0.2, -0.15) is 0 Å². The number of aromatic nitrogens is 2. The average molecular weight is 338 g/mol. The van der Waals surface area contributed by atoms with Crippen LogP contribution >= 0.6 is 22.7 Å². The second kappa shape index (κ2) is 6.72. The Morgan fingerprint density at radius 2 is 2.41 bits per heavy atom. The third-order valence-electron chi connectivity index (χ3n) is 3.37. The van der Waals surface area contributed by atoms with Crippen LogP contribution in [0.25, 0.3) is 0 Å². The summed E-state index contributed by atoms with van der Waals surface area (Å²) in [5.74, 6) is 0. The molecule has 1 N–H and O–H groups in total. The number of carbonyl (C=O) groups excluding carboxylic acids is 1. The van der Waals surface area contributed by atoms with Crippen LogP contribution in [0.5, 0.6) is 0 Å². The van der Waals surface area contributed by atoms with Gasteiger partial charge in [-0.15, -0.1) is 22.7 Å². The summed E-state index contributed by atoms with van der Waals surface area (Å²) in [6, 6.07) is -0.195. The third kappa shape index (κ3) is 3.45. The van der Waals surface area contributed by atoms with Crippen molar-refractivity contribution in [2.75, 3.05) is 19.8 Å². The van der Waals surface area contributed by atoms with Gasteiger partial charge in [0.2, 0.25) is 0 Å². The molecule has 3 rings (SSSR count). The predicted octanol–water partition coefficient (Wildman–Crippen LogP) is 2.50. The lowest BCUT2D eigenvalue weighted by Crippen LogP contribution is -2.47. The number of hydrogen-bond donors (Lipinski definition) is 1. The van der Waals surface area contributed by atoms with Gasteiger partial charge in [-0.05, 0) is 13.8 Å². The Morgan fingerprint density at radius 1 is 1.55 bits per heavy atom. The lowest BCUT2D eigenvalue weighted by atomic mass is 10.2. The molecule has 0 saturated carbocycles. The molecule has 1 unspecified atom stereocenters. The molecule has 1 aliphatic heterocycles. The highest BCUT2D eigenvalue weighted by Crippen LogP contribution is 2.27. The predicted molar refractivity (Wildman–Crippen MR) is 86.2 cm³/mol. The van der Waals surface area contributed by atoms with Crippen LogP contribution in [0, 0.1) is 13.8 Å². The molecule has 2 amide bonds. The normalized spacial score (nSPS) is 18.5. The van der Waals surface area contributed by atoms with Gasteiger partial charge in [0.1, 0.15) is 16.1 Å². The van der Waals surface area contributed by atoms with Crippen LogP contribution in [0.2, 0.25) is 0 Å². The highest BCUT2D eigenvalue weighted by molar-refractivity contribution is 7.11. The molecule has 0 bridgehead atoms. The molecule has 2 aromatic heterocycles. The maximum Gasteiger partial charge on any atom is 0.318 e. The summed E-state index contributed by atoms with van der Waals surface area (Å²) < 4.78 is 5.53. The molecular formula is C14H18N4O2S2. The molecule has 22 heavy (non-hydrogen) atoms. The Morgan fingerprint density at radius 3 is 3.09 bits per heavy atom. The lowest BCUT2D eigenvalue weighted by molar-refractivity contribution is 0.0115. The van der Waals surface area contributed by atoms with Crippen molar-refractivity contribution in [3.8, 4) is 0 Å². The fourth-order valence-corrected chi connectivity index (χ4v) is 3.93. The van der Waals surface area contributed by atoms with E-state index in [0.717, 1.165) is 20.6 Å². The summed E-state index contributed by atoms with van der Waals surface area (Å²) in [6.45, 7) is 6.05. The molecule has 1 fully saturated rings.